The zero-order chi connectivity index (χ0) is 44.3. The molecule has 0 aliphatic heterocycles. The maximum Gasteiger partial charge on any atom is 0.164 e. The average molecular weight is 853 g/mol. The van der Waals surface area contributed by atoms with Crippen molar-refractivity contribution in [3.05, 3.63) is 243 Å². The maximum absolute atomic E-state index is 5.07. The molecule has 0 fully saturated rings. The Labute approximate surface area is 387 Å². The van der Waals surface area contributed by atoms with Crippen molar-refractivity contribution >= 4 is 54.1 Å². The van der Waals surface area contributed by atoms with Crippen LogP contribution < -0.4 is 0 Å². The zero-order valence-corrected chi connectivity index (χ0v) is 36.4. The molecule has 312 valence electrons. The van der Waals surface area contributed by atoms with Gasteiger partial charge in [0, 0.05) is 33.2 Å². The van der Waals surface area contributed by atoms with Crippen molar-refractivity contribution in [3.63, 3.8) is 0 Å². The van der Waals surface area contributed by atoms with Crippen LogP contribution in [0.2, 0.25) is 0 Å². The molecule has 0 unspecified atom stereocenters. The van der Waals surface area contributed by atoms with E-state index in [1.54, 1.807) is 0 Å². The van der Waals surface area contributed by atoms with Gasteiger partial charge in [0.2, 0.25) is 0 Å². The van der Waals surface area contributed by atoms with Gasteiger partial charge in [-0.25, -0.2) is 15.0 Å². The van der Waals surface area contributed by atoms with E-state index in [1.807, 2.05) is 60.7 Å². The molecule has 0 atom stereocenters. The van der Waals surface area contributed by atoms with Crippen molar-refractivity contribution < 1.29 is 0 Å². The second-order valence-electron chi connectivity index (χ2n) is 17.2. The first-order valence-corrected chi connectivity index (χ1v) is 22.8. The van der Waals surface area contributed by atoms with Crippen LogP contribution in [-0.2, 0) is 0 Å². The van der Waals surface area contributed by atoms with Gasteiger partial charge in [0.15, 0.2) is 17.5 Å². The number of fused-ring (bicyclic) bond motifs is 9. The lowest BCUT2D eigenvalue weighted by atomic mass is 9.88. The number of hydrogen-bond donors (Lipinski definition) is 0. The van der Waals surface area contributed by atoms with E-state index < -0.39 is 0 Å². The van der Waals surface area contributed by atoms with Crippen LogP contribution >= 0.6 is 0 Å². The lowest BCUT2D eigenvalue weighted by molar-refractivity contribution is 1.07. The van der Waals surface area contributed by atoms with E-state index >= 15 is 0 Å². The van der Waals surface area contributed by atoms with E-state index in [-0.39, 0.29) is 0 Å². The first-order chi connectivity index (χ1) is 33.2. The fourth-order valence-electron chi connectivity index (χ4n) is 10.1. The molecule has 0 bridgehead atoms. The molecule has 13 rings (SSSR count). The van der Waals surface area contributed by atoms with Gasteiger partial charge in [0.25, 0.3) is 0 Å². The third-order valence-corrected chi connectivity index (χ3v) is 13.2. The molecule has 67 heavy (non-hydrogen) atoms. The van der Waals surface area contributed by atoms with Gasteiger partial charge in [-0.3, -0.25) is 0 Å². The summed E-state index contributed by atoms with van der Waals surface area (Å²) in [5.41, 5.74) is 13.4. The summed E-state index contributed by atoms with van der Waals surface area (Å²) in [4.78, 5) is 15.1. The molecular formula is C63H40N4. The highest BCUT2D eigenvalue weighted by molar-refractivity contribution is 6.29. The quantitative estimate of drug-likeness (QED) is 0.150. The van der Waals surface area contributed by atoms with Gasteiger partial charge in [0.05, 0.1) is 11.0 Å². The highest BCUT2D eigenvalue weighted by Gasteiger charge is 2.18. The fraction of sp³-hybridized carbons (Fsp3) is 0. The number of rotatable bonds is 7. The summed E-state index contributed by atoms with van der Waals surface area (Å²) in [6, 6.07) is 86.7. The Kier molecular flexibility index (Phi) is 9.14. The summed E-state index contributed by atoms with van der Waals surface area (Å²) in [7, 11) is 0. The number of para-hydroxylation sites is 1. The molecule has 0 aliphatic rings. The number of aromatic nitrogens is 4. The smallest absolute Gasteiger partial charge is 0.164 e. The van der Waals surface area contributed by atoms with Crippen LogP contribution in [0.3, 0.4) is 0 Å². The Morgan fingerprint density at radius 3 is 1.37 bits per heavy atom. The van der Waals surface area contributed by atoms with Gasteiger partial charge in [0.1, 0.15) is 0 Å². The van der Waals surface area contributed by atoms with E-state index in [9.17, 15) is 0 Å². The van der Waals surface area contributed by atoms with E-state index in [1.165, 1.54) is 76.4 Å². The zero-order valence-electron chi connectivity index (χ0n) is 36.4. The molecule has 2 aromatic heterocycles. The van der Waals surface area contributed by atoms with Crippen LogP contribution in [0, 0.1) is 0 Å². The molecule has 0 spiro atoms. The first kappa shape index (κ1) is 38.5. The third-order valence-electron chi connectivity index (χ3n) is 13.2. The first-order valence-electron chi connectivity index (χ1n) is 22.8. The largest absolute Gasteiger partial charge is 0.309 e. The minimum absolute atomic E-state index is 0.635. The Balaban J connectivity index is 0.945. The van der Waals surface area contributed by atoms with Crippen molar-refractivity contribution in [1.82, 2.24) is 19.5 Å². The SMILES string of the molecule is c1ccc(-c2ccc(-n3c4ccccc4c4cc(-c5ccc6c(c5)c5ccccc5c5cccc(-c7cccc(-c8nc(-c9ccccc9)nc(-c9ccccc9)n8)c7)c56)ccc43)cc2)cc1. The maximum atomic E-state index is 5.07. The minimum Gasteiger partial charge on any atom is -0.309 e. The Bertz CT molecular complexity index is 3950. The van der Waals surface area contributed by atoms with Crippen LogP contribution in [0.1, 0.15) is 0 Å². The minimum atomic E-state index is 0.635. The van der Waals surface area contributed by atoms with E-state index in [0.29, 0.717) is 17.5 Å². The van der Waals surface area contributed by atoms with Crippen LogP contribution in [0.4, 0.5) is 0 Å². The summed E-state index contributed by atoms with van der Waals surface area (Å²) in [5, 5.41) is 9.83. The van der Waals surface area contributed by atoms with Gasteiger partial charge in [-0.15, -0.1) is 0 Å². The molecule has 0 N–H and O–H groups in total. The highest BCUT2D eigenvalue weighted by Crippen LogP contribution is 2.43. The van der Waals surface area contributed by atoms with Gasteiger partial charge in [-0.05, 0) is 108 Å². The molecule has 0 aliphatic carbocycles. The lowest BCUT2D eigenvalue weighted by Gasteiger charge is -2.16. The van der Waals surface area contributed by atoms with Gasteiger partial charge in [-0.1, -0.05) is 200 Å². The van der Waals surface area contributed by atoms with E-state index in [4.69, 9.17) is 15.0 Å². The monoisotopic (exact) mass is 852 g/mol. The highest BCUT2D eigenvalue weighted by atomic mass is 15.0. The van der Waals surface area contributed by atoms with Crippen molar-refractivity contribution in [2.24, 2.45) is 0 Å². The number of hydrogen-bond acceptors (Lipinski definition) is 3. The van der Waals surface area contributed by atoms with Crippen molar-refractivity contribution in [2.75, 3.05) is 0 Å². The molecule has 0 saturated heterocycles. The topological polar surface area (TPSA) is 43.6 Å². The standard InChI is InChI=1S/C63H40N4/c1-4-16-41(17-5-1)42-30-34-49(35-31-42)67-58-29-13-12-26-53(58)57-40-46(33-37-59(57)67)45-32-36-55-56(39-45)52-25-11-10-24-51(52)54-28-15-27-50(60(54)55)47-22-14-23-48(38-47)63-65-61(43-18-6-2-7-19-43)64-62(66-63)44-20-8-3-9-21-44/h1-40H. The van der Waals surface area contributed by atoms with Crippen LogP contribution in [-0.4, -0.2) is 19.5 Å². The Hall–Kier alpha value is -8.99. The summed E-state index contributed by atoms with van der Waals surface area (Å²) < 4.78 is 2.39. The molecule has 4 nitrogen and oxygen atoms in total. The molecule has 0 saturated carbocycles. The van der Waals surface area contributed by atoms with Crippen LogP contribution in [0.15, 0.2) is 243 Å². The number of nitrogens with zero attached hydrogens (tertiary/aromatic N) is 4. The lowest BCUT2D eigenvalue weighted by Crippen LogP contribution is -2.00. The number of benzene rings is 11. The summed E-state index contributed by atoms with van der Waals surface area (Å²) >= 11 is 0. The average Bonchev–Trinajstić information content (AvgIpc) is 3.75. The fourth-order valence-corrected chi connectivity index (χ4v) is 10.1. The third kappa shape index (κ3) is 6.65. The molecule has 4 heteroatoms. The van der Waals surface area contributed by atoms with E-state index in [2.05, 4.69) is 187 Å². The summed E-state index contributed by atoms with van der Waals surface area (Å²) in [6.07, 6.45) is 0. The molecular weight excluding hydrogens is 813 g/mol. The predicted octanol–water partition coefficient (Wildman–Crippen LogP) is 16.4. The second kappa shape index (κ2) is 15.9. The van der Waals surface area contributed by atoms with Crippen LogP contribution in [0.5, 0.6) is 0 Å². The molecule has 2 heterocycles. The normalized spacial score (nSPS) is 11.6. The summed E-state index contributed by atoms with van der Waals surface area (Å²) in [6.45, 7) is 0. The second-order valence-corrected chi connectivity index (χ2v) is 17.2. The van der Waals surface area contributed by atoms with Gasteiger partial charge < -0.3 is 4.57 Å². The Morgan fingerprint density at radius 2 is 0.687 bits per heavy atom. The van der Waals surface area contributed by atoms with Crippen molar-refractivity contribution in [2.45, 2.75) is 0 Å². The van der Waals surface area contributed by atoms with Gasteiger partial charge >= 0.3 is 0 Å². The van der Waals surface area contributed by atoms with Gasteiger partial charge in [-0.2, -0.15) is 0 Å². The van der Waals surface area contributed by atoms with Crippen molar-refractivity contribution in [3.8, 4) is 73.2 Å². The van der Waals surface area contributed by atoms with Crippen molar-refractivity contribution in [1.29, 1.82) is 0 Å². The predicted molar refractivity (Wildman–Crippen MR) is 279 cm³/mol. The Morgan fingerprint density at radius 1 is 0.239 bits per heavy atom. The van der Waals surface area contributed by atoms with Crippen LogP contribution in [0.25, 0.3) is 127 Å². The molecule has 11 aromatic carbocycles. The molecule has 0 amide bonds. The molecule has 0 radical (unpaired) electrons. The van der Waals surface area contributed by atoms with E-state index in [0.717, 1.165) is 33.5 Å². The summed E-state index contributed by atoms with van der Waals surface area (Å²) in [5.74, 6) is 1.93. The molecule has 13 aromatic rings.